The normalized spacial score (nSPS) is 15.5. The third kappa shape index (κ3) is 5.14. The van der Waals surface area contributed by atoms with Gasteiger partial charge in [0.15, 0.2) is 0 Å². The number of hydrogen-bond donors (Lipinski definition) is 3. The van der Waals surface area contributed by atoms with Crippen molar-refractivity contribution >= 4 is 11.8 Å². The van der Waals surface area contributed by atoms with Crippen LogP contribution in [-0.2, 0) is 11.3 Å². The van der Waals surface area contributed by atoms with Crippen molar-refractivity contribution < 1.29 is 9.59 Å². The molecule has 7 nitrogen and oxygen atoms in total. The summed E-state index contributed by atoms with van der Waals surface area (Å²) in [6, 6.07) is 0.288. The third-order valence-electron chi connectivity index (χ3n) is 3.84. The minimum absolute atomic E-state index is 0.0508. The van der Waals surface area contributed by atoms with Crippen LogP contribution < -0.4 is 16.4 Å². The molecule has 2 amide bonds. The van der Waals surface area contributed by atoms with Gasteiger partial charge in [0.1, 0.15) is 6.54 Å². The average Bonchev–Trinajstić information content (AvgIpc) is 2.97. The zero-order valence-corrected chi connectivity index (χ0v) is 12.9. The van der Waals surface area contributed by atoms with Gasteiger partial charge in [0.2, 0.25) is 5.91 Å². The lowest BCUT2D eigenvalue weighted by Crippen LogP contribution is -2.38. The van der Waals surface area contributed by atoms with Crippen molar-refractivity contribution in [3.63, 3.8) is 0 Å². The van der Waals surface area contributed by atoms with Crippen LogP contribution in [0.2, 0.25) is 0 Å². The fraction of sp³-hybridized carbons (Fsp3) is 0.667. The highest BCUT2D eigenvalue weighted by Crippen LogP contribution is 2.17. The zero-order chi connectivity index (χ0) is 15.8. The molecule has 0 aliphatic heterocycles. The van der Waals surface area contributed by atoms with Crippen molar-refractivity contribution in [2.75, 3.05) is 13.1 Å². The number of amides is 2. The van der Waals surface area contributed by atoms with Crippen LogP contribution in [0.3, 0.4) is 0 Å². The van der Waals surface area contributed by atoms with Crippen LogP contribution in [0.15, 0.2) is 12.4 Å². The Morgan fingerprint density at radius 1 is 1.32 bits per heavy atom. The number of carbonyl (C=O) groups excluding carboxylic acids is 2. The van der Waals surface area contributed by atoms with E-state index in [0.29, 0.717) is 18.7 Å². The molecule has 0 unspecified atom stereocenters. The molecule has 22 heavy (non-hydrogen) atoms. The molecule has 0 aromatic carbocycles. The minimum Gasteiger partial charge on any atom is -0.352 e. The first-order valence-corrected chi connectivity index (χ1v) is 7.99. The molecule has 0 bridgehead atoms. The summed E-state index contributed by atoms with van der Waals surface area (Å²) >= 11 is 0. The van der Waals surface area contributed by atoms with Crippen molar-refractivity contribution in [2.24, 2.45) is 5.73 Å². The maximum Gasteiger partial charge on any atom is 0.254 e. The maximum atomic E-state index is 12.0. The second kappa shape index (κ2) is 8.53. The van der Waals surface area contributed by atoms with Gasteiger partial charge in [-0.25, -0.2) is 0 Å². The molecule has 1 fully saturated rings. The van der Waals surface area contributed by atoms with E-state index in [4.69, 9.17) is 5.73 Å². The van der Waals surface area contributed by atoms with Gasteiger partial charge in [-0.05, 0) is 25.8 Å². The van der Waals surface area contributed by atoms with Crippen molar-refractivity contribution in [3.8, 4) is 0 Å². The Hall–Kier alpha value is -1.89. The molecule has 1 heterocycles. The van der Waals surface area contributed by atoms with E-state index in [9.17, 15) is 9.59 Å². The summed E-state index contributed by atoms with van der Waals surface area (Å²) in [6.07, 6.45) is 9.54. The molecule has 0 atom stereocenters. The van der Waals surface area contributed by atoms with Crippen LogP contribution in [0.4, 0.5) is 0 Å². The number of aromatic nitrogens is 2. The molecular weight excluding hydrogens is 282 g/mol. The number of carbonyl (C=O) groups is 2. The Labute approximate surface area is 130 Å². The topological polar surface area (TPSA) is 102 Å². The summed E-state index contributed by atoms with van der Waals surface area (Å²) in [5.41, 5.74) is 5.84. The number of nitrogens with two attached hydrogens (primary N) is 1. The van der Waals surface area contributed by atoms with Gasteiger partial charge in [-0.2, -0.15) is 5.10 Å². The predicted octanol–water partition coefficient (Wildman–Crippen LogP) is 0.411. The van der Waals surface area contributed by atoms with Gasteiger partial charge in [-0.3, -0.25) is 14.3 Å². The van der Waals surface area contributed by atoms with Crippen molar-refractivity contribution in [2.45, 2.75) is 51.1 Å². The lowest BCUT2D eigenvalue weighted by atomic mass is 9.95. The minimum atomic E-state index is -0.188. The Morgan fingerprint density at radius 2 is 2.09 bits per heavy atom. The number of rotatable bonds is 7. The highest BCUT2D eigenvalue weighted by Gasteiger charge is 2.16. The van der Waals surface area contributed by atoms with Crippen molar-refractivity contribution in [1.29, 1.82) is 0 Å². The van der Waals surface area contributed by atoms with Gasteiger partial charge < -0.3 is 16.4 Å². The predicted molar refractivity (Wildman–Crippen MR) is 83.2 cm³/mol. The quantitative estimate of drug-likeness (QED) is 0.635. The van der Waals surface area contributed by atoms with Crippen molar-refractivity contribution in [1.82, 2.24) is 20.4 Å². The van der Waals surface area contributed by atoms with Gasteiger partial charge in [0.05, 0.1) is 11.8 Å². The molecule has 122 valence electrons. The first-order valence-electron chi connectivity index (χ1n) is 7.99. The van der Waals surface area contributed by atoms with E-state index in [2.05, 4.69) is 15.7 Å². The molecule has 7 heteroatoms. The Morgan fingerprint density at radius 3 is 2.82 bits per heavy atom. The molecule has 0 radical (unpaired) electrons. The van der Waals surface area contributed by atoms with Crippen LogP contribution in [0.5, 0.6) is 0 Å². The van der Waals surface area contributed by atoms with Crippen LogP contribution in [0.1, 0.15) is 48.9 Å². The molecule has 1 aliphatic carbocycles. The second-order valence-corrected chi connectivity index (χ2v) is 5.73. The van der Waals surface area contributed by atoms with Gasteiger partial charge >= 0.3 is 0 Å². The SMILES string of the molecule is NCCCNC(=O)c1cnn(CC(=O)NC2CCCCC2)c1. The van der Waals surface area contributed by atoms with Crippen LogP contribution in [0.25, 0.3) is 0 Å². The number of hydrogen-bond acceptors (Lipinski definition) is 4. The highest BCUT2D eigenvalue weighted by atomic mass is 16.2. The monoisotopic (exact) mass is 307 g/mol. The first kappa shape index (κ1) is 16.5. The summed E-state index contributed by atoms with van der Waals surface area (Å²) in [4.78, 5) is 23.8. The van der Waals surface area contributed by atoms with E-state index in [1.165, 1.54) is 30.1 Å². The lowest BCUT2D eigenvalue weighted by Gasteiger charge is -2.22. The molecule has 2 rings (SSSR count). The standard InChI is InChI=1S/C15H25N5O2/c16-7-4-8-17-15(22)12-9-18-20(10-12)11-14(21)19-13-5-2-1-3-6-13/h9-10,13H,1-8,11,16H2,(H,17,22)(H,19,21). The number of nitrogens with zero attached hydrogens (tertiary/aromatic N) is 2. The molecule has 4 N–H and O–H groups in total. The second-order valence-electron chi connectivity index (χ2n) is 5.73. The molecule has 1 aliphatic rings. The van der Waals surface area contributed by atoms with Crippen LogP contribution in [-0.4, -0.2) is 40.7 Å². The fourth-order valence-electron chi connectivity index (χ4n) is 2.64. The fourth-order valence-corrected chi connectivity index (χ4v) is 2.64. The maximum absolute atomic E-state index is 12.0. The van der Waals surface area contributed by atoms with E-state index < -0.39 is 0 Å². The molecule has 0 saturated heterocycles. The Balaban J connectivity index is 1.78. The van der Waals surface area contributed by atoms with Crippen molar-refractivity contribution in [3.05, 3.63) is 18.0 Å². The smallest absolute Gasteiger partial charge is 0.254 e. The van der Waals surface area contributed by atoms with Crippen LogP contribution >= 0.6 is 0 Å². The molecule has 1 aromatic heterocycles. The van der Waals surface area contributed by atoms with E-state index >= 15 is 0 Å². The summed E-state index contributed by atoms with van der Waals surface area (Å²) < 4.78 is 1.50. The number of nitrogens with one attached hydrogen (secondary N) is 2. The van der Waals surface area contributed by atoms with Gasteiger partial charge in [0.25, 0.3) is 5.91 Å². The van der Waals surface area contributed by atoms with Gasteiger partial charge in [0, 0.05) is 18.8 Å². The van der Waals surface area contributed by atoms with E-state index in [1.54, 1.807) is 6.20 Å². The first-order chi connectivity index (χ1) is 10.7. The Kier molecular flexibility index (Phi) is 6.39. The Bertz CT molecular complexity index is 494. The van der Waals surface area contributed by atoms with Crippen LogP contribution in [0, 0.1) is 0 Å². The lowest BCUT2D eigenvalue weighted by molar-refractivity contribution is -0.122. The summed E-state index contributed by atoms with van der Waals surface area (Å²) in [7, 11) is 0. The molecule has 1 saturated carbocycles. The van der Waals surface area contributed by atoms with Gasteiger partial charge in [-0.1, -0.05) is 19.3 Å². The van der Waals surface area contributed by atoms with E-state index in [-0.39, 0.29) is 24.4 Å². The average molecular weight is 307 g/mol. The van der Waals surface area contributed by atoms with E-state index in [0.717, 1.165) is 19.3 Å². The van der Waals surface area contributed by atoms with E-state index in [1.807, 2.05) is 0 Å². The summed E-state index contributed by atoms with van der Waals surface area (Å²) in [6.45, 7) is 1.23. The largest absolute Gasteiger partial charge is 0.352 e. The third-order valence-corrected chi connectivity index (χ3v) is 3.84. The zero-order valence-electron chi connectivity index (χ0n) is 12.9. The summed E-state index contributed by atoms with van der Waals surface area (Å²) in [5.74, 6) is -0.238. The molecule has 0 spiro atoms. The van der Waals surface area contributed by atoms with Gasteiger partial charge in [-0.15, -0.1) is 0 Å². The summed E-state index contributed by atoms with van der Waals surface area (Å²) in [5, 5.41) is 9.86. The highest BCUT2D eigenvalue weighted by molar-refractivity contribution is 5.93. The molecule has 1 aromatic rings. The molecular formula is C15H25N5O2.